The van der Waals surface area contributed by atoms with E-state index in [4.69, 9.17) is 0 Å². The quantitative estimate of drug-likeness (QED) is 0.861. The van der Waals surface area contributed by atoms with E-state index in [0.29, 0.717) is 6.04 Å². The molecule has 17 heavy (non-hydrogen) atoms. The normalized spacial score (nSPS) is 19.9. The molecular weight excluding hydrogens is 208 g/mol. The van der Waals surface area contributed by atoms with Crippen LogP contribution in [0.1, 0.15) is 37.8 Å². The van der Waals surface area contributed by atoms with Gasteiger partial charge in [-0.05, 0) is 31.4 Å². The third-order valence-corrected chi connectivity index (χ3v) is 3.55. The van der Waals surface area contributed by atoms with E-state index in [9.17, 15) is 0 Å². The van der Waals surface area contributed by atoms with Gasteiger partial charge in [-0.15, -0.1) is 0 Å². The summed E-state index contributed by atoms with van der Waals surface area (Å²) >= 11 is 0. The number of anilines is 1. The van der Waals surface area contributed by atoms with Gasteiger partial charge in [-0.3, -0.25) is 0 Å². The number of rotatable bonds is 3. The number of fused-ring (bicyclic) bond motifs is 1. The number of unbranched alkanes of at least 4 members (excludes halogenated alkanes) is 1. The summed E-state index contributed by atoms with van der Waals surface area (Å²) in [5, 5.41) is 3.59. The number of nitrogens with one attached hydrogen (secondary N) is 1. The lowest BCUT2D eigenvalue weighted by Crippen LogP contribution is -2.36. The van der Waals surface area contributed by atoms with Crippen molar-refractivity contribution in [2.75, 3.05) is 18.0 Å². The number of para-hydroxylation sites is 1. The fraction of sp³-hybridized carbons (Fsp3) is 0.600. The fourth-order valence-corrected chi connectivity index (χ4v) is 2.64. The molecule has 1 aromatic rings. The largest absolute Gasteiger partial charge is 0.370 e. The molecule has 1 aromatic carbocycles. The van der Waals surface area contributed by atoms with E-state index in [2.05, 4.69) is 49.2 Å². The maximum Gasteiger partial charge on any atom is 0.0442 e. The van der Waals surface area contributed by atoms with E-state index in [0.717, 1.165) is 13.1 Å². The van der Waals surface area contributed by atoms with Gasteiger partial charge in [-0.25, -0.2) is 0 Å². The summed E-state index contributed by atoms with van der Waals surface area (Å²) in [7, 11) is 0. The van der Waals surface area contributed by atoms with Gasteiger partial charge in [0.05, 0.1) is 0 Å². The van der Waals surface area contributed by atoms with Crippen LogP contribution in [0, 0.1) is 6.92 Å². The van der Waals surface area contributed by atoms with Gasteiger partial charge in [-0.1, -0.05) is 31.5 Å². The van der Waals surface area contributed by atoms with Crippen molar-refractivity contribution in [1.29, 1.82) is 0 Å². The van der Waals surface area contributed by atoms with E-state index in [-0.39, 0.29) is 0 Å². The summed E-state index contributed by atoms with van der Waals surface area (Å²) in [5.41, 5.74) is 4.33. The van der Waals surface area contributed by atoms with Gasteiger partial charge in [0.1, 0.15) is 0 Å². The highest BCUT2D eigenvalue weighted by Gasteiger charge is 2.19. The maximum atomic E-state index is 3.59. The van der Waals surface area contributed by atoms with E-state index >= 15 is 0 Å². The first-order chi connectivity index (χ1) is 8.22. The molecule has 0 saturated carbocycles. The van der Waals surface area contributed by atoms with Crippen molar-refractivity contribution >= 4 is 5.69 Å². The van der Waals surface area contributed by atoms with Crippen molar-refractivity contribution in [2.45, 2.75) is 46.2 Å². The van der Waals surface area contributed by atoms with Crippen molar-refractivity contribution in [3.63, 3.8) is 0 Å². The fourth-order valence-electron chi connectivity index (χ4n) is 2.64. The molecular formula is C15H24N2. The lowest BCUT2D eigenvalue weighted by atomic mass is 10.1. The average molecular weight is 232 g/mol. The molecule has 1 aliphatic heterocycles. The number of hydrogen-bond acceptors (Lipinski definition) is 2. The molecule has 0 bridgehead atoms. The Balaban J connectivity index is 2.30. The van der Waals surface area contributed by atoms with Crippen LogP contribution in [0.25, 0.3) is 0 Å². The zero-order valence-electron chi connectivity index (χ0n) is 11.3. The van der Waals surface area contributed by atoms with Crippen molar-refractivity contribution in [1.82, 2.24) is 5.32 Å². The molecule has 94 valence electrons. The minimum absolute atomic E-state index is 0.568. The Hall–Kier alpha value is -1.02. The van der Waals surface area contributed by atoms with Gasteiger partial charge < -0.3 is 10.2 Å². The smallest absolute Gasteiger partial charge is 0.0442 e. The second kappa shape index (κ2) is 5.54. The van der Waals surface area contributed by atoms with Gasteiger partial charge in [0.2, 0.25) is 0 Å². The SMILES string of the molecule is CCCCN1CC(C)NCc2cccc(C)c21. The number of hydrogen-bond donors (Lipinski definition) is 1. The molecule has 2 rings (SSSR count). The second-order valence-corrected chi connectivity index (χ2v) is 5.16. The topological polar surface area (TPSA) is 15.3 Å². The molecule has 0 fully saturated rings. The van der Waals surface area contributed by atoms with Crippen LogP contribution < -0.4 is 10.2 Å². The Morgan fingerprint density at radius 2 is 2.24 bits per heavy atom. The van der Waals surface area contributed by atoms with E-state index in [1.807, 2.05) is 0 Å². The summed E-state index contributed by atoms with van der Waals surface area (Å²) in [6, 6.07) is 7.22. The molecule has 0 aromatic heterocycles. The predicted octanol–water partition coefficient (Wildman–Crippen LogP) is 3.09. The Labute approximate surface area is 105 Å². The summed E-state index contributed by atoms with van der Waals surface area (Å²) < 4.78 is 0. The highest BCUT2D eigenvalue weighted by atomic mass is 15.2. The lowest BCUT2D eigenvalue weighted by Gasteiger charge is -2.28. The Morgan fingerprint density at radius 1 is 1.41 bits per heavy atom. The van der Waals surface area contributed by atoms with E-state index in [1.165, 1.54) is 36.2 Å². The minimum atomic E-state index is 0.568. The number of benzene rings is 1. The second-order valence-electron chi connectivity index (χ2n) is 5.16. The number of aryl methyl sites for hydroxylation is 1. The van der Waals surface area contributed by atoms with Crippen LogP contribution >= 0.6 is 0 Å². The predicted molar refractivity (Wildman–Crippen MR) is 74.6 cm³/mol. The van der Waals surface area contributed by atoms with Crippen LogP contribution in [-0.2, 0) is 6.54 Å². The number of nitrogens with zero attached hydrogens (tertiary/aromatic N) is 1. The molecule has 1 aliphatic rings. The highest BCUT2D eigenvalue weighted by molar-refractivity contribution is 5.60. The first kappa shape index (κ1) is 12.4. The van der Waals surface area contributed by atoms with Crippen LogP contribution in [-0.4, -0.2) is 19.1 Å². The van der Waals surface area contributed by atoms with E-state index < -0.39 is 0 Å². The molecule has 0 amide bonds. The van der Waals surface area contributed by atoms with Crippen molar-refractivity contribution < 1.29 is 0 Å². The maximum absolute atomic E-state index is 3.59. The summed E-state index contributed by atoms with van der Waals surface area (Å²) in [5.74, 6) is 0. The molecule has 0 spiro atoms. The molecule has 1 heterocycles. The molecule has 1 atom stereocenters. The third kappa shape index (κ3) is 2.81. The van der Waals surface area contributed by atoms with Gasteiger partial charge >= 0.3 is 0 Å². The standard InChI is InChI=1S/C15H24N2/c1-4-5-9-17-11-13(3)16-10-14-8-6-7-12(2)15(14)17/h6-8,13,16H,4-5,9-11H2,1-3H3. The molecule has 0 saturated heterocycles. The van der Waals surface area contributed by atoms with Crippen LogP contribution in [0.15, 0.2) is 18.2 Å². The first-order valence-corrected chi connectivity index (χ1v) is 6.79. The monoisotopic (exact) mass is 232 g/mol. The zero-order chi connectivity index (χ0) is 12.3. The van der Waals surface area contributed by atoms with E-state index in [1.54, 1.807) is 0 Å². The first-order valence-electron chi connectivity index (χ1n) is 6.79. The molecule has 0 radical (unpaired) electrons. The third-order valence-electron chi connectivity index (χ3n) is 3.55. The minimum Gasteiger partial charge on any atom is -0.370 e. The average Bonchev–Trinajstić information content (AvgIpc) is 2.47. The van der Waals surface area contributed by atoms with Crippen LogP contribution in [0.4, 0.5) is 5.69 Å². The molecule has 2 heteroatoms. The van der Waals surface area contributed by atoms with Crippen molar-refractivity contribution in [2.24, 2.45) is 0 Å². The summed E-state index contributed by atoms with van der Waals surface area (Å²) in [6.07, 6.45) is 2.54. The molecule has 1 N–H and O–H groups in total. The van der Waals surface area contributed by atoms with Crippen molar-refractivity contribution in [3.05, 3.63) is 29.3 Å². The van der Waals surface area contributed by atoms with Crippen LogP contribution in [0.3, 0.4) is 0 Å². The van der Waals surface area contributed by atoms with Crippen LogP contribution in [0.2, 0.25) is 0 Å². The van der Waals surface area contributed by atoms with Crippen molar-refractivity contribution in [3.8, 4) is 0 Å². The Kier molecular flexibility index (Phi) is 4.06. The summed E-state index contributed by atoms with van der Waals surface area (Å²) in [4.78, 5) is 2.57. The highest BCUT2D eigenvalue weighted by Crippen LogP contribution is 2.27. The molecule has 2 nitrogen and oxygen atoms in total. The Bertz CT molecular complexity index is 373. The molecule has 1 unspecified atom stereocenters. The van der Waals surface area contributed by atoms with Gasteiger partial charge in [0.15, 0.2) is 0 Å². The van der Waals surface area contributed by atoms with Gasteiger partial charge in [0, 0.05) is 31.4 Å². The van der Waals surface area contributed by atoms with Crippen LogP contribution in [0.5, 0.6) is 0 Å². The Morgan fingerprint density at radius 3 is 3.00 bits per heavy atom. The van der Waals surface area contributed by atoms with Gasteiger partial charge in [-0.2, -0.15) is 0 Å². The summed E-state index contributed by atoms with van der Waals surface area (Å²) in [6.45, 7) is 10.1. The lowest BCUT2D eigenvalue weighted by molar-refractivity contribution is 0.548. The van der Waals surface area contributed by atoms with Gasteiger partial charge in [0.25, 0.3) is 0 Å². The zero-order valence-corrected chi connectivity index (χ0v) is 11.3. The molecule has 0 aliphatic carbocycles.